The summed E-state index contributed by atoms with van der Waals surface area (Å²) in [5.74, 6) is 0.0179. The van der Waals surface area contributed by atoms with E-state index in [9.17, 15) is 4.79 Å². The van der Waals surface area contributed by atoms with E-state index in [4.69, 9.17) is 14.7 Å². The van der Waals surface area contributed by atoms with Crippen LogP contribution in [0.2, 0.25) is 0 Å². The van der Waals surface area contributed by atoms with Gasteiger partial charge in [0, 0.05) is 26.2 Å². The first-order chi connectivity index (χ1) is 9.26. The summed E-state index contributed by atoms with van der Waals surface area (Å²) in [6, 6.07) is 2.27. The second-order valence-electron chi connectivity index (χ2n) is 4.85. The van der Waals surface area contributed by atoms with Crippen LogP contribution >= 0.6 is 0 Å². The van der Waals surface area contributed by atoms with E-state index in [1.165, 1.54) is 0 Å². The van der Waals surface area contributed by atoms with Gasteiger partial charge in [0.15, 0.2) is 6.10 Å². The lowest BCUT2D eigenvalue weighted by atomic mass is 10.1. The van der Waals surface area contributed by atoms with E-state index >= 15 is 0 Å². The van der Waals surface area contributed by atoms with Gasteiger partial charge in [-0.15, -0.1) is 0 Å². The number of carbonyl (C=O) groups is 1. The van der Waals surface area contributed by atoms with Crippen molar-refractivity contribution in [3.8, 4) is 6.07 Å². The molecule has 0 aromatic carbocycles. The second-order valence-corrected chi connectivity index (χ2v) is 4.85. The molecule has 6 nitrogen and oxygen atoms in total. The Hall–Kier alpha value is -1.16. The van der Waals surface area contributed by atoms with Crippen LogP contribution < -0.4 is 0 Å². The van der Waals surface area contributed by atoms with Crippen molar-refractivity contribution in [3.05, 3.63) is 0 Å². The van der Waals surface area contributed by atoms with Gasteiger partial charge >= 0.3 is 0 Å². The molecule has 2 aliphatic heterocycles. The number of nitriles is 1. The monoisotopic (exact) mass is 267 g/mol. The van der Waals surface area contributed by atoms with Gasteiger partial charge in [-0.2, -0.15) is 5.26 Å². The molecule has 2 atom stereocenters. The highest BCUT2D eigenvalue weighted by Gasteiger charge is 2.31. The van der Waals surface area contributed by atoms with E-state index in [2.05, 4.69) is 11.0 Å². The molecule has 2 rings (SSSR count). The van der Waals surface area contributed by atoms with E-state index in [-0.39, 0.29) is 11.9 Å². The number of ether oxygens (including phenoxy) is 2. The zero-order chi connectivity index (χ0) is 13.7. The fraction of sp³-hybridized carbons (Fsp3) is 0.846. The van der Waals surface area contributed by atoms with Crippen molar-refractivity contribution in [1.82, 2.24) is 9.80 Å². The van der Waals surface area contributed by atoms with E-state index in [1.54, 1.807) is 0 Å². The predicted octanol–water partition coefficient (Wildman–Crippen LogP) is -0.152. The summed E-state index contributed by atoms with van der Waals surface area (Å²) in [7, 11) is 0. The fourth-order valence-corrected chi connectivity index (χ4v) is 2.52. The van der Waals surface area contributed by atoms with Crippen molar-refractivity contribution in [1.29, 1.82) is 5.26 Å². The molecule has 0 aromatic heterocycles. The third kappa shape index (κ3) is 3.44. The molecular weight excluding hydrogens is 246 g/mol. The summed E-state index contributed by atoms with van der Waals surface area (Å²) in [6.45, 7) is 6.26. The lowest BCUT2D eigenvalue weighted by molar-refractivity contribution is -0.159. The summed E-state index contributed by atoms with van der Waals surface area (Å²) in [5.41, 5.74) is 0. The van der Waals surface area contributed by atoms with Gasteiger partial charge in [-0.1, -0.05) is 6.92 Å². The number of rotatable bonds is 3. The van der Waals surface area contributed by atoms with Crippen LogP contribution in [0.25, 0.3) is 0 Å². The quantitative estimate of drug-likeness (QED) is 0.711. The van der Waals surface area contributed by atoms with Crippen LogP contribution in [0.15, 0.2) is 0 Å². The number of hydrogen-bond acceptors (Lipinski definition) is 5. The van der Waals surface area contributed by atoms with Crippen molar-refractivity contribution in [2.24, 2.45) is 0 Å². The molecule has 0 radical (unpaired) electrons. The summed E-state index contributed by atoms with van der Waals surface area (Å²) in [5, 5.41) is 9.05. The van der Waals surface area contributed by atoms with Gasteiger partial charge in [0.05, 0.1) is 31.9 Å². The van der Waals surface area contributed by atoms with Crippen molar-refractivity contribution in [3.63, 3.8) is 0 Å². The SMILES string of the molecule is CCC(C#N)N1CCN(C(=O)C2COCCO2)CC1. The van der Waals surface area contributed by atoms with Crippen LogP contribution in [0, 0.1) is 11.3 Å². The van der Waals surface area contributed by atoms with Crippen LogP contribution in [0.3, 0.4) is 0 Å². The van der Waals surface area contributed by atoms with Gasteiger partial charge in [-0.05, 0) is 6.42 Å². The maximum Gasteiger partial charge on any atom is 0.254 e. The third-order valence-corrected chi connectivity index (χ3v) is 3.69. The average Bonchev–Trinajstić information content (AvgIpc) is 2.49. The molecule has 19 heavy (non-hydrogen) atoms. The van der Waals surface area contributed by atoms with Crippen molar-refractivity contribution in [2.75, 3.05) is 46.0 Å². The Morgan fingerprint density at radius 3 is 2.63 bits per heavy atom. The number of amides is 1. The van der Waals surface area contributed by atoms with E-state index in [0.29, 0.717) is 32.9 Å². The summed E-state index contributed by atoms with van der Waals surface area (Å²) in [4.78, 5) is 16.2. The minimum absolute atomic E-state index is 0.0179. The Morgan fingerprint density at radius 1 is 1.37 bits per heavy atom. The molecule has 2 aliphatic rings. The molecule has 0 aliphatic carbocycles. The maximum absolute atomic E-state index is 12.2. The highest BCUT2D eigenvalue weighted by atomic mass is 16.6. The molecule has 0 saturated carbocycles. The normalized spacial score (nSPS) is 26.7. The van der Waals surface area contributed by atoms with Gasteiger partial charge in [0.25, 0.3) is 5.91 Å². The van der Waals surface area contributed by atoms with Crippen LogP contribution in [0.4, 0.5) is 0 Å². The van der Waals surface area contributed by atoms with Gasteiger partial charge in [0.1, 0.15) is 0 Å². The van der Waals surface area contributed by atoms with Crippen LogP contribution in [0.1, 0.15) is 13.3 Å². The van der Waals surface area contributed by atoms with Crippen LogP contribution in [-0.4, -0.2) is 73.9 Å². The second kappa shape index (κ2) is 6.85. The largest absolute Gasteiger partial charge is 0.376 e. The van der Waals surface area contributed by atoms with E-state index in [0.717, 1.165) is 19.5 Å². The Morgan fingerprint density at radius 2 is 2.11 bits per heavy atom. The van der Waals surface area contributed by atoms with Gasteiger partial charge in [-0.25, -0.2) is 0 Å². The number of nitrogens with zero attached hydrogens (tertiary/aromatic N) is 3. The Balaban J connectivity index is 1.82. The Labute approximate surface area is 113 Å². The zero-order valence-corrected chi connectivity index (χ0v) is 11.4. The Kier molecular flexibility index (Phi) is 5.14. The molecule has 106 valence electrons. The fourth-order valence-electron chi connectivity index (χ4n) is 2.52. The van der Waals surface area contributed by atoms with E-state index in [1.807, 2.05) is 11.8 Å². The highest BCUT2D eigenvalue weighted by Crippen LogP contribution is 2.12. The average molecular weight is 267 g/mol. The standard InChI is InChI=1S/C13H21N3O3/c1-2-11(9-14)15-3-5-16(6-4-15)13(17)12-10-18-7-8-19-12/h11-12H,2-8,10H2,1H3. The number of hydrogen-bond donors (Lipinski definition) is 0. The first-order valence-electron chi connectivity index (χ1n) is 6.88. The van der Waals surface area contributed by atoms with Crippen LogP contribution in [-0.2, 0) is 14.3 Å². The number of carbonyl (C=O) groups excluding carboxylic acids is 1. The molecule has 2 unspecified atom stereocenters. The molecule has 0 bridgehead atoms. The molecule has 0 aromatic rings. The molecule has 2 heterocycles. The predicted molar refractivity (Wildman–Crippen MR) is 68.4 cm³/mol. The summed E-state index contributed by atoms with van der Waals surface area (Å²) >= 11 is 0. The lowest BCUT2D eigenvalue weighted by Crippen LogP contribution is -2.55. The molecular formula is C13H21N3O3. The number of piperazine rings is 1. The minimum atomic E-state index is -0.446. The topological polar surface area (TPSA) is 65.8 Å². The first kappa shape index (κ1) is 14.3. The molecule has 0 N–H and O–H groups in total. The third-order valence-electron chi connectivity index (χ3n) is 3.69. The minimum Gasteiger partial charge on any atom is -0.376 e. The first-order valence-corrected chi connectivity index (χ1v) is 6.88. The molecule has 2 fully saturated rings. The van der Waals surface area contributed by atoms with Crippen LogP contribution in [0.5, 0.6) is 0 Å². The lowest BCUT2D eigenvalue weighted by Gasteiger charge is -2.38. The summed E-state index contributed by atoms with van der Waals surface area (Å²) < 4.78 is 10.7. The maximum atomic E-state index is 12.2. The van der Waals surface area contributed by atoms with Crippen molar-refractivity contribution >= 4 is 5.91 Å². The van der Waals surface area contributed by atoms with Gasteiger partial charge in [0.2, 0.25) is 0 Å². The highest BCUT2D eigenvalue weighted by molar-refractivity contribution is 5.81. The molecule has 1 amide bonds. The van der Waals surface area contributed by atoms with Crippen molar-refractivity contribution < 1.29 is 14.3 Å². The van der Waals surface area contributed by atoms with Gasteiger partial charge < -0.3 is 14.4 Å². The molecule has 6 heteroatoms. The Bertz CT molecular complexity index is 342. The zero-order valence-electron chi connectivity index (χ0n) is 11.4. The van der Waals surface area contributed by atoms with Crippen molar-refractivity contribution in [2.45, 2.75) is 25.5 Å². The van der Waals surface area contributed by atoms with Gasteiger partial charge in [-0.3, -0.25) is 9.69 Å². The summed E-state index contributed by atoms with van der Waals surface area (Å²) in [6.07, 6.45) is 0.377. The smallest absolute Gasteiger partial charge is 0.254 e. The van der Waals surface area contributed by atoms with E-state index < -0.39 is 6.10 Å². The molecule has 0 spiro atoms. The molecule has 2 saturated heterocycles.